The van der Waals surface area contributed by atoms with Crippen LogP contribution in [0.1, 0.15) is 12.8 Å². The van der Waals surface area contributed by atoms with Gasteiger partial charge in [-0.3, -0.25) is 0 Å². The highest BCUT2D eigenvalue weighted by Gasteiger charge is 2.08. The summed E-state index contributed by atoms with van der Waals surface area (Å²) in [6, 6.07) is 3.99. The number of unbranched alkanes of at least 4 members (excludes halogenated alkanes) is 1. The molecule has 0 aliphatic heterocycles. The van der Waals surface area contributed by atoms with Gasteiger partial charge in [0.25, 0.3) is 0 Å². The molecule has 0 amide bonds. The molecule has 1 N–H and O–H groups in total. The average molecular weight is 275 g/mol. The highest BCUT2D eigenvalue weighted by Crippen LogP contribution is 2.26. The second-order valence-corrected chi connectivity index (χ2v) is 3.79. The van der Waals surface area contributed by atoms with Crippen LogP contribution in [0.4, 0.5) is 14.5 Å². The minimum atomic E-state index is -0.640. The molecule has 0 aliphatic carbocycles. The zero-order valence-electron chi connectivity index (χ0n) is 7.86. The Morgan fingerprint density at radius 3 is 2.73 bits per heavy atom. The van der Waals surface area contributed by atoms with Crippen molar-refractivity contribution in [3.05, 3.63) is 28.2 Å². The van der Waals surface area contributed by atoms with Crippen LogP contribution >= 0.6 is 15.9 Å². The van der Waals surface area contributed by atoms with E-state index in [0.717, 1.165) is 6.07 Å². The van der Waals surface area contributed by atoms with Crippen molar-refractivity contribution < 1.29 is 8.78 Å². The van der Waals surface area contributed by atoms with Gasteiger partial charge in [0.05, 0.1) is 11.8 Å². The standard InChI is InChI=1S/C10H9BrF2N2/c11-8-5-7(12)6-9(13)10(8)15-4-2-1-3-14/h5-6,15H,1-2,4H2. The molecule has 0 saturated carbocycles. The van der Waals surface area contributed by atoms with Crippen LogP contribution in [-0.4, -0.2) is 6.54 Å². The van der Waals surface area contributed by atoms with Crippen molar-refractivity contribution in [1.82, 2.24) is 0 Å². The van der Waals surface area contributed by atoms with E-state index in [0.29, 0.717) is 23.9 Å². The third kappa shape index (κ3) is 3.48. The second-order valence-electron chi connectivity index (χ2n) is 2.93. The summed E-state index contributed by atoms with van der Waals surface area (Å²) in [6.45, 7) is 0.481. The normalized spacial score (nSPS) is 9.73. The number of hydrogen-bond acceptors (Lipinski definition) is 2. The first-order valence-corrected chi connectivity index (χ1v) is 5.20. The quantitative estimate of drug-likeness (QED) is 0.854. The first-order valence-electron chi connectivity index (χ1n) is 4.40. The Bertz CT molecular complexity index is 364. The van der Waals surface area contributed by atoms with E-state index in [9.17, 15) is 8.78 Å². The summed E-state index contributed by atoms with van der Waals surface area (Å²) in [6.07, 6.45) is 1.03. The number of hydrogen-bond donors (Lipinski definition) is 1. The van der Waals surface area contributed by atoms with E-state index >= 15 is 0 Å². The lowest BCUT2D eigenvalue weighted by Crippen LogP contribution is -2.04. The van der Waals surface area contributed by atoms with Gasteiger partial charge >= 0.3 is 0 Å². The van der Waals surface area contributed by atoms with Gasteiger partial charge in [0.2, 0.25) is 0 Å². The summed E-state index contributed by atoms with van der Waals surface area (Å²) in [5, 5.41) is 11.1. The molecule has 15 heavy (non-hydrogen) atoms. The first kappa shape index (κ1) is 11.9. The molecule has 0 heterocycles. The minimum absolute atomic E-state index is 0.231. The van der Waals surface area contributed by atoms with Crippen molar-refractivity contribution in [2.75, 3.05) is 11.9 Å². The number of nitrogens with zero attached hydrogens (tertiary/aromatic N) is 1. The highest BCUT2D eigenvalue weighted by atomic mass is 79.9. The maximum absolute atomic E-state index is 13.2. The van der Waals surface area contributed by atoms with Gasteiger partial charge in [-0.05, 0) is 28.4 Å². The molecule has 5 heteroatoms. The van der Waals surface area contributed by atoms with Crippen LogP contribution in [-0.2, 0) is 0 Å². The molecule has 1 aromatic carbocycles. The Morgan fingerprint density at radius 1 is 1.40 bits per heavy atom. The number of anilines is 1. The minimum Gasteiger partial charge on any atom is -0.382 e. The predicted molar refractivity (Wildman–Crippen MR) is 57.4 cm³/mol. The Hall–Kier alpha value is -1.15. The second kappa shape index (κ2) is 5.66. The molecule has 1 rings (SSSR count). The van der Waals surface area contributed by atoms with E-state index in [-0.39, 0.29) is 5.69 Å². The molecule has 0 atom stereocenters. The molecule has 0 bridgehead atoms. The summed E-state index contributed by atoms with van der Waals surface area (Å²) < 4.78 is 26.3. The van der Waals surface area contributed by atoms with Crippen LogP contribution in [0.15, 0.2) is 16.6 Å². The summed E-state index contributed by atoms with van der Waals surface area (Å²) >= 11 is 3.06. The van der Waals surface area contributed by atoms with E-state index in [2.05, 4.69) is 21.2 Å². The van der Waals surface area contributed by atoms with Crippen molar-refractivity contribution in [2.45, 2.75) is 12.8 Å². The van der Waals surface area contributed by atoms with Crippen molar-refractivity contribution in [2.24, 2.45) is 0 Å². The summed E-state index contributed by atoms with van der Waals surface area (Å²) in [5.41, 5.74) is 0.231. The molecule has 80 valence electrons. The fraction of sp³-hybridized carbons (Fsp3) is 0.300. The van der Waals surface area contributed by atoms with Crippen LogP contribution in [0.5, 0.6) is 0 Å². The van der Waals surface area contributed by atoms with Gasteiger partial charge in [0.15, 0.2) is 0 Å². The van der Waals surface area contributed by atoms with Crippen LogP contribution in [0, 0.1) is 23.0 Å². The molecule has 0 radical (unpaired) electrons. The van der Waals surface area contributed by atoms with E-state index in [1.54, 1.807) is 0 Å². The third-order valence-corrected chi connectivity index (χ3v) is 2.40. The monoisotopic (exact) mass is 274 g/mol. The lowest BCUT2D eigenvalue weighted by Gasteiger charge is -2.08. The van der Waals surface area contributed by atoms with Crippen LogP contribution in [0.25, 0.3) is 0 Å². The van der Waals surface area contributed by atoms with E-state index in [4.69, 9.17) is 5.26 Å². The van der Waals surface area contributed by atoms with Gasteiger partial charge in [-0.1, -0.05) is 0 Å². The molecule has 0 aliphatic rings. The number of benzene rings is 1. The number of rotatable bonds is 4. The number of halogens is 3. The van der Waals surface area contributed by atoms with Gasteiger partial charge < -0.3 is 5.32 Å². The number of nitriles is 1. The van der Waals surface area contributed by atoms with Crippen molar-refractivity contribution in [3.63, 3.8) is 0 Å². The lowest BCUT2D eigenvalue weighted by molar-refractivity contribution is 0.583. The Kier molecular flexibility index (Phi) is 4.50. The first-order chi connectivity index (χ1) is 7.15. The molecular formula is C10H9BrF2N2. The van der Waals surface area contributed by atoms with Gasteiger partial charge in [-0.2, -0.15) is 5.26 Å². The van der Waals surface area contributed by atoms with Crippen molar-refractivity contribution in [1.29, 1.82) is 5.26 Å². The Morgan fingerprint density at radius 2 is 2.13 bits per heavy atom. The van der Waals surface area contributed by atoms with E-state index in [1.807, 2.05) is 6.07 Å². The Balaban J connectivity index is 2.65. The van der Waals surface area contributed by atoms with Crippen LogP contribution in [0.3, 0.4) is 0 Å². The lowest BCUT2D eigenvalue weighted by atomic mass is 10.2. The molecule has 0 saturated heterocycles. The zero-order chi connectivity index (χ0) is 11.3. The molecule has 0 unspecified atom stereocenters. The molecule has 2 nitrogen and oxygen atoms in total. The molecule has 0 aromatic heterocycles. The molecular weight excluding hydrogens is 266 g/mol. The summed E-state index contributed by atoms with van der Waals surface area (Å²) in [4.78, 5) is 0. The van der Waals surface area contributed by atoms with E-state index < -0.39 is 11.6 Å². The largest absolute Gasteiger partial charge is 0.382 e. The van der Waals surface area contributed by atoms with Gasteiger partial charge in [-0.15, -0.1) is 0 Å². The predicted octanol–water partition coefficient (Wildman–Crippen LogP) is 3.44. The van der Waals surface area contributed by atoms with Crippen LogP contribution < -0.4 is 5.32 Å². The summed E-state index contributed by atoms with van der Waals surface area (Å²) in [7, 11) is 0. The summed E-state index contributed by atoms with van der Waals surface area (Å²) in [5.74, 6) is -1.26. The zero-order valence-corrected chi connectivity index (χ0v) is 9.44. The average Bonchev–Trinajstić information content (AvgIpc) is 2.15. The van der Waals surface area contributed by atoms with Gasteiger partial charge in [0.1, 0.15) is 11.6 Å². The maximum Gasteiger partial charge on any atom is 0.150 e. The van der Waals surface area contributed by atoms with Gasteiger partial charge in [-0.25, -0.2) is 8.78 Å². The van der Waals surface area contributed by atoms with E-state index in [1.165, 1.54) is 6.07 Å². The fourth-order valence-corrected chi connectivity index (χ4v) is 1.64. The topological polar surface area (TPSA) is 35.8 Å². The van der Waals surface area contributed by atoms with Gasteiger partial charge in [0, 0.05) is 23.5 Å². The number of nitrogens with one attached hydrogen (secondary N) is 1. The smallest absolute Gasteiger partial charge is 0.150 e. The third-order valence-electron chi connectivity index (χ3n) is 1.77. The fourth-order valence-electron chi connectivity index (χ4n) is 1.09. The van der Waals surface area contributed by atoms with Crippen LogP contribution in [0.2, 0.25) is 0 Å². The molecule has 0 fully saturated rings. The molecule has 0 spiro atoms. The van der Waals surface area contributed by atoms with Crippen molar-refractivity contribution >= 4 is 21.6 Å². The SMILES string of the molecule is N#CCCCNc1c(F)cc(F)cc1Br. The molecule has 1 aromatic rings. The maximum atomic E-state index is 13.2. The highest BCUT2D eigenvalue weighted by molar-refractivity contribution is 9.10. The Labute approximate surface area is 95.0 Å². The van der Waals surface area contributed by atoms with Crippen molar-refractivity contribution in [3.8, 4) is 6.07 Å².